The molecule has 1 heterocycles. The standard InChI is InChI=1S/C15H17NO3/c1-11(2)19-14-6-3-5-13-12(14)8-10-16(13)9-4-7-15(17)18/h3-8,10-11H,9H2,1-2H3,(H,17,18)/b7-4+. The van der Waals surface area contributed by atoms with Gasteiger partial charge in [0.05, 0.1) is 11.6 Å². The molecule has 0 amide bonds. The van der Waals surface area contributed by atoms with Crippen LogP contribution >= 0.6 is 0 Å². The lowest BCUT2D eigenvalue weighted by molar-refractivity contribution is -0.131. The molecule has 0 aliphatic carbocycles. The second-order valence-electron chi connectivity index (χ2n) is 4.56. The maximum absolute atomic E-state index is 10.5. The van der Waals surface area contributed by atoms with E-state index >= 15 is 0 Å². The van der Waals surface area contributed by atoms with E-state index in [1.807, 2.05) is 48.9 Å². The number of fused-ring (bicyclic) bond motifs is 1. The quantitative estimate of drug-likeness (QED) is 0.839. The summed E-state index contributed by atoms with van der Waals surface area (Å²) in [6, 6.07) is 7.87. The van der Waals surface area contributed by atoms with Gasteiger partial charge >= 0.3 is 5.97 Å². The van der Waals surface area contributed by atoms with Gasteiger partial charge in [0.1, 0.15) is 5.75 Å². The van der Waals surface area contributed by atoms with E-state index < -0.39 is 5.97 Å². The van der Waals surface area contributed by atoms with Crippen molar-refractivity contribution in [1.29, 1.82) is 0 Å². The van der Waals surface area contributed by atoms with Crippen molar-refractivity contribution in [2.75, 3.05) is 0 Å². The van der Waals surface area contributed by atoms with E-state index in [2.05, 4.69) is 0 Å². The number of carboxylic acid groups (broad SMARTS) is 1. The average Bonchev–Trinajstić information content (AvgIpc) is 2.73. The lowest BCUT2D eigenvalue weighted by Gasteiger charge is -2.11. The third-order valence-electron chi connectivity index (χ3n) is 2.70. The normalized spacial score (nSPS) is 11.5. The minimum Gasteiger partial charge on any atom is -0.490 e. The number of aliphatic carboxylic acids is 1. The first-order chi connectivity index (χ1) is 9.08. The summed E-state index contributed by atoms with van der Waals surface area (Å²) in [6.07, 6.45) is 4.84. The Bertz CT molecular complexity index is 611. The van der Waals surface area contributed by atoms with E-state index in [0.717, 1.165) is 22.7 Å². The molecule has 1 aromatic carbocycles. The molecule has 2 aromatic rings. The van der Waals surface area contributed by atoms with Crippen molar-refractivity contribution in [1.82, 2.24) is 4.57 Å². The maximum atomic E-state index is 10.5. The van der Waals surface area contributed by atoms with Crippen LogP contribution in [0.2, 0.25) is 0 Å². The molecule has 19 heavy (non-hydrogen) atoms. The largest absolute Gasteiger partial charge is 0.490 e. The zero-order chi connectivity index (χ0) is 13.8. The Balaban J connectivity index is 2.30. The molecule has 1 N–H and O–H groups in total. The maximum Gasteiger partial charge on any atom is 0.328 e. The third-order valence-corrected chi connectivity index (χ3v) is 2.70. The van der Waals surface area contributed by atoms with Crippen LogP contribution in [0.5, 0.6) is 5.75 Å². The Morgan fingerprint density at radius 3 is 2.89 bits per heavy atom. The van der Waals surface area contributed by atoms with Crippen LogP contribution < -0.4 is 4.74 Å². The van der Waals surface area contributed by atoms with Crippen LogP contribution in [0.4, 0.5) is 0 Å². The summed E-state index contributed by atoms with van der Waals surface area (Å²) in [7, 11) is 0. The van der Waals surface area contributed by atoms with Gasteiger partial charge in [0, 0.05) is 24.2 Å². The van der Waals surface area contributed by atoms with Gasteiger partial charge in [-0.2, -0.15) is 0 Å². The lowest BCUT2D eigenvalue weighted by atomic mass is 10.2. The first-order valence-corrected chi connectivity index (χ1v) is 6.22. The van der Waals surface area contributed by atoms with Gasteiger partial charge in [-0.3, -0.25) is 0 Å². The highest BCUT2D eigenvalue weighted by atomic mass is 16.5. The van der Waals surface area contributed by atoms with Crippen LogP contribution in [0.1, 0.15) is 13.8 Å². The van der Waals surface area contributed by atoms with E-state index in [0.29, 0.717) is 6.54 Å². The molecular weight excluding hydrogens is 242 g/mol. The monoisotopic (exact) mass is 259 g/mol. The minimum absolute atomic E-state index is 0.126. The molecule has 4 heteroatoms. The molecule has 0 aliphatic heterocycles. The molecular formula is C15H17NO3. The van der Waals surface area contributed by atoms with Crippen molar-refractivity contribution >= 4 is 16.9 Å². The van der Waals surface area contributed by atoms with Gasteiger partial charge in [-0.15, -0.1) is 0 Å². The van der Waals surface area contributed by atoms with Crippen LogP contribution in [-0.2, 0) is 11.3 Å². The first kappa shape index (κ1) is 13.2. The van der Waals surface area contributed by atoms with Crippen molar-refractivity contribution < 1.29 is 14.6 Å². The van der Waals surface area contributed by atoms with E-state index in [-0.39, 0.29) is 6.10 Å². The van der Waals surface area contributed by atoms with Crippen molar-refractivity contribution in [3.63, 3.8) is 0 Å². The number of benzene rings is 1. The van der Waals surface area contributed by atoms with Crippen molar-refractivity contribution in [3.05, 3.63) is 42.6 Å². The second-order valence-corrected chi connectivity index (χ2v) is 4.56. The summed E-state index contributed by atoms with van der Waals surface area (Å²) in [6.45, 7) is 4.51. The SMILES string of the molecule is CC(C)Oc1cccc2c1ccn2C/C=C/C(=O)O. The van der Waals surface area contributed by atoms with Crippen LogP contribution in [-0.4, -0.2) is 21.7 Å². The molecule has 0 spiro atoms. The van der Waals surface area contributed by atoms with Crippen LogP contribution in [0.25, 0.3) is 10.9 Å². The third kappa shape index (κ3) is 3.16. The molecule has 0 bridgehead atoms. The second kappa shape index (κ2) is 5.61. The summed E-state index contributed by atoms with van der Waals surface area (Å²) in [5.41, 5.74) is 1.04. The summed E-state index contributed by atoms with van der Waals surface area (Å²) in [5, 5.41) is 9.62. The summed E-state index contributed by atoms with van der Waals surface area (Å²) in [5.74, 6) is -0.0752. The van der Waals surface area contributed by atoms with Gasteiger partial charge < -0.3 is 14.4 Å². The molecule has 2 rings (SSSR count). The Kier molecular flexibility index (Phi) is 3.90. The fraction of sp³-hybridized carbons (Fsp3) is 0.267. The van der Waals surface area contributed by atoms with E-state index in [9.17, 15) is 4.79 Å². The zero-order valence-electron chi connectivity index (χ0n) is 11.0. The Hall–Kier alpha value is -2.23. The van der Waals surface area contributed by atoms with Gasteiger partial charge in [0.15, 0.2) is 0 Å². The smallest absolute Gasteiger partial charge is 0.328 e. The van der Waals surface area contributed by atoms with Crippen molar-refractivity contribution in [3.8, 4) is 5.75 Å². The van der Waals surface area contributed by atoms with Gasteiger partial charge in [0.2, 0.25) is 0 Å². The number of carboxylic acids is 1. The topological polar surface area (TPSA) is 51.5 Å². The Morgan fingerprint density at radius 2 is 2.21 bits per heavy atom. The molecule has 0 fully saturated rings. The van der Waals surface area contributed by atoms with Gasteiger partial charge in [-0.1, -0.05) is 12.1 Å². The Labute approximate surface area is 111 Å². The molecule has 0 saturated heterocycles. The van der Waals surface area contributed by atoms with Crippen molar-refractivity contribution in [2.45, 2.75) is 26.5 Å². The Morgan fingerprint density at radius 1 is 1.42 bits per heavy atom. The van der Waals surface area contributed by atoms with E-state index in [4.69, 9.17) is 9.84 Å². The van der Waals surface area contributed by atoms with E-state index in [1.54, 1.807) is 6.08 Å². The number of hydrogen-bond acceptors (Lipinski definition) is 2. The molecule has 0 saturated carbocycles. The highest BCUT2D eigenvalue weighted by Crippen LogP contribution is 2.27. The summed E-state index contributed by atoms with van der Waals surface area (Å²) >= 11 is 0. The van der Waals surface area contributed by atoms with Gasteiger partial charge in [-0.05, 0) is 32.0 Å². The van der Waals surface area contributed by atoms with Crippen LogP contribution in [0, 0.1) is 0 Å². The van der Waals surface area contributed by atoms with Crippen LogP contribution in [0.15, 0.2) is 42.6 Å². The molecule has 100 valence electrons. The number of rotatable bonds is 5. The molecule has 4 nitrogen and oxygen atoms in total. The number of nitrogens with zero attached hydrogens (tertiary/aromatic N) is 1. The number of aromatic nitrogens is 1. The molecule has 0 aliphatic rings. The first-order valence-electron chi connectivity index (χ1n) is 6.22. The fourth-order valence-corrected chi connectivity index (χ4v) is 1.98. The molecule has 1 aromatic heterocycles. The number of ether oxygens (including phenoxy) is 1. The molecule has 0 atom stereocenters. The predicted molar refractivity (Wildman–Crippen MR) is 74.5 cm³/mol. The number of hydrogen-bond donors (Lipinski definition) is 1. The lowest BCUT2D eigenvalue weighted by Crippen LogP contribution is -2.05. The predicted octanol–water partition coefficient (Wildman–Crippen LogP) is 3.07. The highest BCUT2D eigenvalue weighted by molar-refractivity contribution is 5.86. The fourth-order valence-electron chi connectivity index (χ4n) is 1.98. The molecule has 0 radical (unpaired) electrons. The number of carbonyl (C=O) groups is 1. The molecule has 0 unspecified atom stereocenters. The zero-order valence-corrected chi connectivity index (χ0v) is 11.0. The average molecular weight is 259 g/mol. The number of allylic oxidation sites excluding steroid dienone is 1. The van der Waals surface area contributed by atoms with E-state index in [1.165, 1.54) is 0 Å². The van der Waals surface area contributed by atoms with Gasteiger partial charge in [0.25, 0.3) is 0 Å². The summed E-state index contributed by atoms with van der Waals surface area (Å²) in [4.78, 5) is 10.5. The van der Waals surface area contributed by atoms with Gasteiger partial charge in [-0.25, -0.2) is 4.79 Å². The van der Waals surface area contributed by atoms with Crippen molar-refractivity contribution in [2.24, 2.45) is 0 Å². The minimum atomic E-state index is -0.930. The summed E-state index contributed by atoms with van der Waals surface area (Å²) < 4.78 is 7.75. The van der Waals surface area contributed by atoms with Crippen LogP contribution in [0.3, 0.4) is 0 Å². The highest BCUT2D eigenvalue weighted by Gasteiger charge is 2.07.